The molecule has 0 bridgehead atoms. The molecule has 0 aromatic heterocycles. The number of amides is 1. The maximum absolute atomic E-state index is 13.5. The highest BCUT2D eigenvalue weighted by molar-refractivity contribution is 8.15. The fourth-order valence-electron chi connectivity index (χ4n) is 3.61. The molecule has 8 nitrogen and oxygen atoms in total. The lowest BCUT2D eigenvalue weighted by molar-refractivity contribution is -0.114. The predicted molar refractivity (Wildman–Crippen MR) is 126 cm³/mol. The number of carbonyl (C=O) groups excluding carboxylic acids is 2. The number of hydrogen-bond acceptors (Lipinski definition) is 8. The van der Waals surface area contributed by atoms with E-state index in [1.165, 1.54) is 23.9 Å². The first kappa shape index (κ1) is 23.2. The summed E-state index contributed by atoms with van der Waals surface area (Å²) in [6, 6.07) is 11.6. The van der Waals surface area contributed by atoms with Gasteiger partial charge in [-0.15, -0.1) is 0 Å². The molecular formula is C22H22FN3O5S2. The van der Waals surface area contributed by atoms with Crippen molar-refractivity contribution in [2.24, 2.45) is 4.99 Å². The number of aliphatic imine (C=N–C) groups is 1. The van der Waals surface area contributed by atoms with Crippen LogP contribution in [0.25, 0.3) is 0 Å². The highest BCUT2D eigenvalue weighted by Crippen LogP contribution is 2.36. The monoisotopic (exact) mass is 491 g/mol. The SMILES string of the molecule is CCOC(=O)c1ccc(NC(=O)CN(C2=N[C@H]3CS(=O)(=O)C[C@H]3S2)c2ccc(F)cc2)cc1. The first-order valence-corrected chi connectivity index (χ1v) is 13.0. The summed E-state index contributed by atoms with van der Waals surface area (Å²) in [7, 11) is -3.11. The molecule has 2 atom stereocenters. The number of fused-ring (bicyclic) bond motifs is 1. The standard InChI is InChI=1S/C22H22FN3O5S2/c1-2-31-21(28)14-3-7-16(8-4-14)24-20(27)11-26(17-9-5-15(23)6-10-17)22-25-18-12-33(29,30)13-19(18)32-22/h3-10,18-19H,2,11-13H2,1H3,(H,24,27)/t18-,19+/m0/s1. The third kappa shape index (κ3) is 5.53. The first-order valence-electron chi connectivity index (χ1n) is 10.3. The van der Waals surface area contributed by atoms with Crippen molar-refractivity contribution in [3.8, 4) is 0 Å². The van der Waals surface area contributed by atoms with Gasteiger partial charge >= 0.3 is 5.97 Å². The quantitative estimate of drug-likeness (QED) is 0.620. The van der Waals surface area contributed by atoms with Crippen molar-refractivity contribution >= 4 is 50.0 Å². The molecule has 2 aliphatic heterocycles. The normalized spacial score (nSPS) is 20.6. The maximum atomic E-state index is 13.5. The maximum Gasteiger partial charge on any atom is 0.338 e. The number of anilines is 2. The van der Waals surface area contributed by atoms with Gasteiger partial charge in [0, 0.05) is 16.6 Å². The van der Waals surface area contributed by atoms with Crippen LogP contribution in [0.5, 0.6) is 0 Å². The Balaban J connectivity index is 1.49. The molecule has 1 fully saturated rings. The molecule has 1 amide bonds. The van der Waals surface area contributed by atoms with Crippen LogP contribution in [0.4, 0.5) is 15.8 Å². The van der Waals surface area contributed by atoms with E-state index in [1.54, 1.807) is 48.2 Å². The van der Waals surface area contributed by atoms with Gasteiger partial charge in [0.05, 0.1) is 29.7 Å². The summed E-state index contributed by atoms with van der Waals surface area (Å²) in [5, 5.41) is 3.11. The molecule has 2 aliphatic rings. The number of thioether (sulfide) groups is 1. The Morgan fingerprint density at radius 1 is 1.15 bits per heavy atom. The number of halogens is 1. The van der Waals surface area contributed by atoms with Crippen LogP contribution in [0, 0.1) is 5.82 Å². The lowest BCUT2D eigenvalue weighted by Gasteiger charge is -2.24. The second-order valence-corrected chi connectivity index (χ2v) is 11.0. The van der Waals surface area contributed by atoms with Gasteiger partial charge in [-0.25, -0.2) is 17.6 Å². The second kappa shape index (κ2) is 9.52. The zero-order chi connectivity index (χ0) is 23.6. The Bertz CT molecular complexity index is 1180. The Labute approximate surface area is 195 Å². The third-order valence-electron chi connectivity index (χ3n) is 5.16. The molecule has 4 rings (SSSR count). The Hall–Kier alpha value is -2.92. The minimum absolute atomic E-state index is 0.00949. The Kier molecular flexibility index (Phi) is 6.71. The van der Waals surface area contributed by atoms with E-state index in [2.05, 4.69) is 10.3 Å². The van der Waals surface area contributed by atoms with Crippen molar-refractivity contribution < 1.29 is 27.1 Å². The van der Waals surface area contributed by atoms with Crippen molar-refractivity contribution in [1.82, 2.24) is 0 Å². The van der Waals surface area contributed by atoms with Crippen molar-refractivity contribution in [3.63, 3.8) is 0 Å². The minimum atomic E-state index is -3.11. The van der Waals surface area contributed by atoms with Gasteiger partial charge < -0.3 is 15.0 Å². The van der Waals surface area contributed by atoms with Gasteiger partial charge in [0.1, 0.15) is 12.4 Å². The fourth-order valence-corrected chi connectivity index (χ4v) is 7.39. The Morgan fingerprint density at radius 2 is 1.85 bits per heavy atom. The summed E-state index contributed by atoms with van der Waals surface area (Å²) in [6.45, 7) is 1.88. The average molecular weight is 492 g/mol. The van der Waals surface area contributed by atoms with Crippen LogP contribution in [0.2, 0.25) is 0 Å². The summed E-state index contributed by atoms with van der Waals surface area (Å²) < 4.78 is 42.2. The number of rotatable bonds is 6. The van der Waals surface area contributed by atoms with Gasteiger partial charge in [0.15, 0.2) is 15.0 Å². The van der Waals surface area contributed by atoms with Gasteiger partial charge in [0.2, 0.25) is 5.91 Å². The molecule has 0 unspecified atom stereocenters. The van der Waals surface area contributed by atoms with E-state index in [4.69, 9.17) is 4.74 Å². The van der Waals surface area contributed by atoms with Gasteiger partial charge in [-0.2, -0.15) is 0 Å². The lowest BCUT2D eigenvalue weighted by Crippen LogP contribution is -2.36. The molecule has 2 aromatic rings. The molecule has 11 heteroatoms. The van der Waals surface area contributed by atoms with Gasteiger partial charge in [-0.3, -0.25) is 9.79 Å². The molecule has 2 heterocycles. The van der Waals surface area contributed by atoms with Crippen molar-refractivity contribution in [1.29, 1.82) is 0 Å². The van der Waals surface area contributed by atoms with Crippen molar-refractivity contribution in [2.75, 3.05) is 34.9 Å². The summed E-state index contributed by atoms with van der Waals surface area (Å²) in [6.07, 6.45) is 0. The topological polar surface area (TPSA) is 105 Å². The molecule has 1 N–H and O–H groups in total. The molecule has 1 saturated heterocycles. The highest BCUT2D eigenvalue weighted by Gasteiger charge is 2.44. The third-order valence-corrected chi connectivity index (χ3v) is 8.40. The average Bonchev–Trinajstić information content (AvgIpc) is 3.27. The van der Waals surface area contributed by atoms with Crippen LogP contribution in [0.1, 0.15) is 17.3 Å². The molecule has 0 saturated carbocycles. The van der Waals surface area contributed by atoms with E-state index in [0.29, 0.717) is 22.1 Å². The molecule has 33 heavy (non-hydrogen) atoms. The van der Waals surface area contributed by atoms with Crippen LogP contribution >= 0.6 is 11.8 Å². The van der Waals surface area contributed by atoms with E-state index in [1.807, 2.05) is 0 Å². The minimum Gasteiger partial charge on any atom is -0.462 e. The second-order valence-electron chi connectivity index (χ2n) is 7.62. The number of esters is 1. The summed E-state index contributed by atoms with van der Waals surface area (Å²) in [5.41, 5.74) is 1.44. The van der Waals surface area contributed by atoms with Crippen LogP contribution in [-0.4, -0.2) is 61.4 Å². The van der Waals surface area contributed by atoms with E-state index < -0.39 is 21.6 Å². The molecular weight excluding hydrogens is 469 g/mol. The largest absolute Gasteiger partial charge is 0.462 e. The number of hydrogen-bond donors (Lipinski definition) is 1. The highest BCUT2D eigenvalue weighted by atomic mass is 32.2. The van der Waals surface area contributed by atoms with Crippen LogP contribution in [-0.2, 0) is 19.4 Å². The number of nitrogens with one attached hydrogen (secondary N) is 1. The smallest absolute Gasteiger partial charge is 0.338 e. The number of ether oxygens (including phenoxy) is 1. The van der Waals surface area contributed by atoms with Crippen LogP contribution in [0.3, 0.4) is 0 Å². The van der Waals surface area contributed by atoms with Gasteiger partial charge in [0.25, 0.3) is 0 Å². The number of nitrogens with zero attached hydrogens (tertiary/aromatic N) is 2. The van der Waals surface area contributed by atoms with Crippen LogP contribution in [0.15, 0.2) is 53.5 Å². The van der Waals surface area contributed by atoms with E-state index in [0.717, 1.165) is 0 Å². The summed E-state index contributed by atoms with van der Waals surface area (Å²) in [5.74, 6) is -1.16. The van der Waals surface area contributed by atoms with E-state index >= 15 is 0 Å². The van der Waals surface area contributed by atoms with Crippen molar-refractivity contribution in [2.45, 2.75) is 18.2 Å². The lowest BCUT2D eigenvalue weighted by atomic mass is 10.2. The fraction of sp³-hybridized carbons (Fsp3) is 0.318. The Morgan fingerprint density at radius 3 is 2.48 bits per heavy atom. The van der Waals surface area contributed by atoms with Gasteiger partial charge in [-0.1, -0.05) is 11.8 Å². The number of sulfone groups is 1. The molecule has 0 spiro atoms. The van der Waals surface area contributed by atoms with Crippen LogP contribution < -0.4 is 10.2 Å². The summed E-state index contributed by atoms with van der Waals surface area (Å²) in [4.78, 5) is 30.8. The zero-order valence-electron chi connectivity index (χ0n) is 17.7. The number of benzene rings is 2. The summed E-state index contributed by atoms with van der Waals surface area (Å²) >= 11 is 1.32. The molecule has 0 radical (unpaired) electrons. The zero-order valence-corrected chi connectivity index (χ0v) is 19.4. The predicted octanol–water partition coefficient (Wildman–Crippen LogP) is 2.72. The molecule has 0 aliphatic carbocycles. The van der Waals surface area contributed by atoms with E-state index in [9.17, 15) is 22.4 Å². The first-order chi connectivity index (χ1) is 15.7. The molecule has 174 valence electrons. The van der Waals surface area contributed by atoms with Crippen molar-refractivity contribution in [3.05, 3.63) is 59.9 Å². The van der Waals surface area contributed by atoms with E-state index in [-0.39, 0.29) is 41.9 Å². The van der Waals surface area contributed by atoms with Gasteiger partial charge in [-0.05, 0) is 55.5 Å². The number of carbonyl (C=O) groups is 2. The number of amidine groups is 1. The molecule has 2 aromatic carbocycles.